The first kappa shape index (κ1) is 13.8. The van der Waals surface area contributed by atoms with E-state index in [0.717, 1.165) is 5.56 Å². The van der Waals surface area contributed by atoms with Gasteiger partial charge in [-0.1, -0.05) is 35.9 Å². The fourth-order valence-corrected chi connectivity index (χ4v) is 2.09. The van der Waals surface area contributed by atoms with Crippen molar-refractivity contribution in [3.8, 4) is 11.5 Å². The van der Waals surface area contributed by atoms with Crippen LogP contribution in [0.25, 0.3) is 0 Å². The lowest BCUT2D eigenvalue weighted by molar-refractivity contribution is -0.155. The van der Waals surface area contributed by atoms with Gasteiger partial charge in [0, 0.05) is 5.02 Å². The van der Waals surface area contributed by atoms with Gasteiger partial charge < -0.3 is 14.2 Å². The summed E-state index contributed by atoms with van der Waals surface area (Å²) in [5.74, 6) is 0.746. The molecule has 108 valence electrons. The molecule has 0 saturated heterocycles. The van der Waals surface area contributed by atoms with Gasteiger partial charge >= 0.3 is 5.97 Å². The van der Waals surface area contributed by atoms with E-state index in [1.165, 1.54) is 0 Å². The summed E-state index contributed by atoms with van der Waals surface area (Å²) in [5, 5.41) is 0.644. The van der Waals surface area contributed by atoms with Gasteiger partial charge in [0.15, 0.2) is 11.5 Å². The number of benzene rings is 2. The van der Waals surface area contributed by atoms with E-state index in [2.05, 4.69) is 0 Å². The van der Waals surface area contributed by atoms with Gasteiger partial charge in [-0.05, 0) is 29.8 Å². The zero-order chi connectivity index (χ0) is 14.7. The molecule has 1 aliphatic rings. The second-order valence-electron chi connectivity index (χ2n) is 4.60. The molecule has 0 amide bonds. The molecule has 4 nitrogen and oxygen atoms in total. The SMILES string of the molecule is O=C(OCc1ccc(Cl)cc1)C1COc2ccccc2O1. The van der Waals surface area contributed by atoms with E-state index in [1.807, 2.05) is 24.3 Å². The molecule has 0 spiro atoms. The van der Waals surface area contributed by atoms with Crippen molar-refractivity contribution in [1.29, 1.82) is 0 Å². The van der Waals surface area contributed by atoms with Crippen LogP contribution in [0.3, 0.4) is 0 Å². The lowest BCUT2D eigenvalue weighted by Crippen LogP contribution is -2.37. The topological polar surface area (TPSA) is 44.8 Å². The zero-order valence-electron chi connectivity index (χ0n) is 11.1. The van der Waals surface area contributed by atoms with Crippen molar-refractivity contribution in [3.63, 3.8) is 0 Å². The van der Waals surface area contributed by atoms with Gasteiger partial charge in [-0.2, -0.15) is 0 Å². The molecule has 0 N–H and O–H groups in total. The molecule has 0 saturated carbocycles. The Morgan fingerprint density at radius 3 is 2.62 bits per heavy atom. The molecule has 5 heteroatoms. The Morgan fingerprint density at radius 2 is 1.86 bits per heavy atom. The third-order valence-corrected chi connectivity index (χ3v) is 3.32. The lowest BCUT2D eigenvalue weighted by Gasteiger charge is -2.24. The van der Waals surface area contributed by atoms with E-state index < -0.39 is 12.1 Å². The Hall–Kier alpha value is -2.20. The van der Waals surface area contributed by atoms with Gasteiger partial charge in [0.2, 0.25) is 6.10 Å². The van der Waals surface area contributed by atoms with Gasteiger partial charge in [-0.15, -0.1) is 0 Å². The van der Waals surface area contributed by atoms with Crippen LogP contribution in [0.4, 0.5) is 0 Å². The number of carbonyl (C=O) groups excluding carboxylic acids is 1. The quantitative estimate of drug-likeness (QED) is 0.817. The molecule has 0 bridgehead atoms. The number of carbonyl (C=O) groups is 1. The van der Waals surface area contributed by atoms with E-state index >= 15 is 0 Å². The molecule has 0 aliphatic carbocycles. The number of para-hydroxylation sites is 2. The summed E-state index contributed by atoms with van der Waals surface area (Å²) in [6, 6.07) is 14.3. The van der Waals surface area contributed by atoms with Crippen LogP contribution >= 0.6 is 11.6 Å². The lowest BCUT2D eigenvalue weighted by atomic mass is 10.2. The third kappa shape index (κ3) is 3.28. The first-order valence-corrected chi connectivity index (χ1v) is 6.90. The highest BCUT2D eigenvalue weighted by Gasteiger charge is 2.28. The Balaban J connectivity index is 1.58. The molecular formula is C16H13ClO4. The Labute approximate surface area is 127 Å². The number of ether oxygens (including phenoxy) is 3. The molecule has 2 aromatic carbocycles. The van der Waals surface area contributed by atoms with Crippen LogP contribution in [-0.4, -0.2) is 18.7 Å². The normalized spacial score (nSPS) is 16.3. The summed E-state index contributed by atoms with van der Waals surface area (Å²) in [5.41, 5.74) is 0.866. The predicted octanol–water partition coefficient (Wildman–Crippen LogP) is 3.22. The van der Waals surface area contributed by atoms with Crippen LogP contribution in [0.15, 0.2) is 48.5 Å². The molecule has 0 fully saturated rings. The summed E-state index contributed by atoms with van der Waals surface area (Å²) < 4.78 is 16.3. The highest BCUT2D eigenvalue weighted by atomic mass is 35.5. The molecule has 0 radical (unpaired) electrons. The largest absolute Gasteiger partial charge is 0.485 e. The van der Waals surface area contributed by atoms with Crippen LogP contribution < -0.4 is 9.47 Å². The van der Waals surface area contributed by atoms with Crippen molar-refractivity contribution >= 4 is 17.6 Å². The summed E-state index contributed by atoms with van der Waals surface area (Å²) in [7, 11) is 0. The van der Waals surface area contributed by atoms with Gasteiger partial charge in [0.1, 0.15) is 13.2 Å². The maximum absolute atomic E-state index is 12.0. The van der Waals surface area contributed by atoms with E-state index in [-0.39, 0.29) is 13.2 Å². The van der Waals surface area contributed by atoms with Crippen LogP contribution in [0, 0.1) is 0 Å². The predicted molar refractivity (Wildman–Crippen MR) is 77.6 cm³/mol. The van der Waals surface area contributed by atoms with Crippen molar-refractivity contribution in [1.82, 2.24) is 0 Å². The first-order valence-electron chi connectivity index (χ1n) is 6.52. The van der Waals surface area contributed by atoms with Crippen molar-refractivity contribution in [2.45, 2.75) is 12.7 Å². The van der Waals surface area contributed by atoms with Gasteiger partial charge in [0.25, 0.3) is 0 Å². The molecule has 1 aliphatic heterocycles. The van der Waals surface area contributed by atoms with Crippen LogP contribution in [0.1, 0.15) is 5.56 Å². The minimum atomic E-state index is -0.743. The number of fused-ring (bicyclic) bond motifs is 1. The van der Waals surface area contributed by atoms with Gasteiger partial charge in [0.05, 0.1) is 0 Å². The summed E-state index contributed by atoms with van der Waals surface area (Å²) >= 11 is 5.80. The Kier molecular flexibility index (Phi) is 3.97. The maximum atomic E-state index is 12.0. The van der Waals surface area contributed by atoms with Crippen molar-refractivity contribution < 1.29 is 19.0 Å². The molecule has 1 heterocycles. The zero-order valence-corrected chi connectivity index (χ0v) is 11.9. The molecule has 3 rings (SSSR count). The number of halogens is 1. The summed E-state index contributed by atoms with van der Waals surface area (Å²) in [4.78, 5) is 12.0. The molecular weight excluding hydrogens is 292 g/mol. The highest BCUT2D eigenvalue weighted by Crippen LogP contribution is 2.31. The second-order valence-corrected chi connectivity index (χ2v) is 5.03. The second kappa shape index (κ2) is 6.06. The number of esters is 1. The van der Waals surface area contributed by atoms with Gasteiger partial charge in [-0.3, -0.25) is 0 Å². The highest BCUT2D eigenvalue weighted by molar-refractivity contribution is 6.30. The Bertz CT molecular complexity index is 639. The smallest absolute Gasteiger partial charge is 0.351 e. The van der Waals surface area contributed by atoms with Crippen LogP contribution in [-0.2, 0) is 16.1 Å². The average Bonchev–Trinajstić information content (AvgIpc) is 2.53. The number of hydrogen-bond acceptors (Lipinski definition) is 4. The summed E-state index contributed by atoms with van der Waals surface area (Å²) in [6.45, 7) is 0.327. The van der Waals surface area contributed by atoms with E-state index in [0.29, 0.717) is 16.5 Å². The van der Waals surface area contributed by atoms with Gasteiger partial charge in [-0.25, -0.2) is 4.79 Å². The molecule has 1 unspecified atom stereocenters. The molecule has 0 aromatic heterocycles. The minimum Gasteiger partial charge on any atom is -0.485 e. The van der Waals surface area contributed by atoms with E-state index in [4.69, 9.17) is 25.8 Å². The molecule has 1 atom stereocenters. The van der Waals surface area contributed by atoms with Crippen molar-refractivity contribution in [3.05, 3.63) is 59.1 Å². The van der Waals surface area contributed by atoms with Crippen LogP contribution in [0.5, 0.6) is 11.5 Å². The number of hydrogen-bond donors (Lipinski definition) is 0. The maximum Gasteiger partial charge on any atom is 0.351 e. The first-order chi connectivity index (χ1) is 10.2. The number of rotatable bonds is 3. The Morgan fingerprint density at radius 1 is 1.14 bits per heavy atom. The fourth-order valence-electron chi connectivity index (χ4n) is 1.96. The van der Waals surface area contributed by atoms with Crippen molar-refractivity contribution in [2.75, 3.05) is 6.61 Å². The third-order valence-electron chi connectivity index (χ3n) is 3.07. The minimum absolute atomic E-state index is 0.149. The fraction of sp³-hybridized carbons (Fsp3) is 0.188. The van der Waals surface area contributed by atoms with Crippen molar-refractivity contribution in [2.24, 2.45) is 0 Å². The van der Waals surface area contributed by atoms with E-state index in [9.17, 15) is 4.79 Å². The summed E-state index contributed by atoms with van der Waals surface area (Å²) in [6.07, 6.45) is -0.743. The monoisotopic (exact) mass is 304 g/mol. The standard InChI is InChI=1S/C16H13ClO4/c17-12-7-5-11(6-8-12)9-20-16(18)15-10-19-13-3-1-2-4-14(13)21-15/h1-8,15H,9-10H2. The van der Waals surface area contributed by atoms with E-state index in [1.54, 1.807) is 24.3 Å². The average molecular weight is 305 g/mol. The van der Waals surface area contributed by atoms with Crippen LogP contribution in [0.2, 0.25) is 5.02 Å². The molecule has 21 heavy (non-hydrogen) atoms. The molecule has 2 aromatic rings.